The minimum absolute atomic E-state index is 0.0123. The zero-order valence-electron chi connectivity index (χ0n) is 15.2. The fourth-order valence-corrected chi connectivity index (χ4v) is 3.57. The van der Waals surface area contributed by atoms with Crippen LogP contribution in [-0.2, 0) is 14.6 Å². The van der Waals surface area contributed by atoms with Gasteiger partial charge in [0.15, 0.2) is 9.84 Å². The summed E-state index contributed by atoms with van der Waals surface area (Å²) >= 11 is 6.03. The van der Waals surface area contributed by atoms with E-state index in [1.807, 2.05) is 0 Å². The van der Waals surface area contributed by atoms with Gasteiger partial charge in [-0.2, -0.15) is 0 Å². The highest BCUT2D eigenvalue weighted by Gasteiger charge is 2.26. The topological polar surface area (TPSA) is 92.3 Å². The first-order chi connectivity index (χ1) is 12.6. The largest absolute Gasteiger partial charge is 0.340 e. The van der Waals surface area contributed by atoms with E-state index in [4.69, 9.17) is 11.6 Å². The molecule has 1 unspecified atom stereocenters. The summed E-state index contributed by atoms with van der Waals surface area (Å²) in [5, 5.41) is 5.55. The summed E-state index contributed by atoms with van der Waals surface area (Å²) in [5.41, 5.74) is 0.428. The number of carbonyl (C=O) groups excluding carboxylic acids is 2. The van der Waals surface area contributed by atoms with Crippen LogP contribution in [0.2, 0.25) is 5.02 Å². The predicted molar refractivity (Wildman–Crippen MR) is 106 cm³/mol. The minimum Gasteiger partial charge on any atom is -0.340 e. The van der Waals surface area contributed by atoms with Crippen molar-refractivity contribution < 1.29 is 18.0 Å². The van der Waals surface area contributed by atoms with Crippen LogP contribution in [0.15, 0.2) is 53.4 Å². The number of hydrogen-bond acceptors (Lipinski definition) is 4. The lowest BCUT2D eigenvalue weighted by Crippen LogP contribution is -2.47. The Bertz CT molecular complexity index is 958. The summed E-state index contributed by atoms with van der Waals surface area (Å²) < 4.78 is 23.8. The van der Waals surface area contributed by atoms with Gasteiger partial charge in [0, 0.05) is 6.26 Å². The number of sulfone groups is 1. The summed E-state index contributed by atoms with van der Waals surface area (Å²) in [6.45, 7) is 3.55. The van der Waals surface area contributed by atoms with E-state index in [2.05, 4.69) is 10.6 Å². The number of para-hydroxylation sites is 1. The molecule has 2 N–H and O–H groups in total. The van der Waals surface area contributed by atoms with Crippen molar-refractivity contribution in [3.05, 3.63) is 59.1 Å². The second kappa shape index (κ2) is 8.54. The lowest BCUT2D eigenvalue weighted by atomic mass is 10.0. The van der Waals surface area contributed by atoms with Crippen molar-refractivity contribution in [3.8, 4) is 0 Å². The van der Waals surface area contributed by atoms with Gasteiger partial charge < -0.3 is 10.6 Å². The Morgan fingerprint density at radius 2 is 1.59 bits per heavy atom. The van der Waals surface area contributed by atoms with Crippen LogP contribution in [0.4, 0.5) is 5.69 Å². The number of carbonyl (C=O) groups is 2. The SMILES string of the molecule is CC(C)C(NC(=O)c1ccccc1Cl)C(=O)Nc1ccccc1S(C)(=O)=O. The van der Waals surface area contributed by atoms with Gasteiger partial charge in [-0.1, -0.05) is 49.7 Å². The van der Waals surface area contributed by atoms with Crippen LogP contribution in [0.1, 0.15) is 24.2 Å². The van der Waals surface area contributed by atoms with Gasteiger partial charge in [0.05, 0.1) is 21.2 Å². The number of benzene rings is 2. The fraction of sp³-hybridized carbons (Fsp3) is 0.263. The van der Waals surface area contributed by atoms with Crippen LogP contribution < -0.4 is 10.6 Å². The molecule has 0 aromatic heterocycles. The van der Waals surface area contributed by atoms with E-state index in [0.29, 0.717) is 0 Å². The predicted octanol–water partition coefficient (Wildman–Crippen LogP) is 3.14. The Morgan fingerprint density at radius 3 is 2.19 bits per heavy atom. The molecular formula is C19H21ClN2O4S. The maximum Gasteiger partial charge on any atom is 0.253 e. The molecule has 0 radical (unpaired) electrons. The Kier molecular flexibility index (Phi) is 6.62. The Labute approximate surface area is 163 Å². The van der Waals surface area contributed by atoms with Gasteiger partial charge in [-0.05, 0) is 30.2 Å². The maximum absolute atomic E-state index is 12.7. The van der Waals surface area contributed by atoms with Gasteiger partial charge in [0.2, 0.25) is 5.91 Å². The Balaban J connectivity index is 2.24. The second-order valence-electron chi connectivity index (χ2n) is 6.43. The summed E-state index contributed by atoms with van der Waals surface area (Å²) in [6.07, 6.45) is 1.07. The van der Waals surface area contributed by atoms with Gasteiger partial charge in [0.25, 0.3) is 5.91 Å². The number of anilines is 1. The van der Waals surface area contributed by atoms with Crippen LogP contribution in [0.25, 0.3) is 0 Å². The molecule has 0 saturated carbocycles. The summed E-state index contributed by atoms with van der Waals surface area (Å²) in [5.74, 6) is -1.23. The standard InChI is InChI=1S/C19H21ClN2O4S/c1-12(2)17(22-18(23)13-8-4-5-9-14(13)20)19(24)21-15-10-6-7-11-16(15)27(3,25)26/h4-12,17H,1-3H3,(H,21,24)(H,22,23). The average Bonchev–Trinajstić information content (AvgIpc) is 2.59. The van der Waals surface area contributed by atoms with Gasteiger partial charge in [-0.25, -0.2) is 8.42 Å². The van der Waals surface area contributed by atoms with E-state index < -0.39 is 27.7 Å². The highest BCUT2D eigenvalue weighted by Crippen LogP contribution is 2.21. The molecule has 144 valence electrons. The van der Waals surface area contributed by atoms with Crippen molar-refractivity contribution in [2.75, 3.05) is 11.6 Å². The molecule has 8 heteroatoms. The monoisotopic (exact) mass is 408 g/mol. The molecule has 0 heterocycles. The first kappa shape index (κ1) is 20.9. The number of halogens is 1. The lowest BCUT2D eigenvalue weighted by Gasteiger charge is -2.22. The van der Waals surface area contributed by atoms with Crippen LogP contribution in [0, 0.1) is 5.92 Å². The smallest absolute Gasteiger partial charge is 0.253 e. The number of amides is 2. The highest BCUT2D eigenvalue weighted by atomic mass is 35.5. The first-order valence-corrected chi connectivity index (χ1v) is 10.5. The lowest BCUT2D eigenvalue weighted by molar-refractivity contribution is -0.118. The quantitative estimate of drug-likeness (QED) is 0.767. The van der Waals surface area contributed by atoms with E-state index in [1.54, 1.807) is 50.2 Å². The van der Waals surface area contributed by atoms with Gasteiger partial charge >= 0.3 is 0 Å². The van der Waals surface area contributed by atoms with Crippen molar-refractivity contribution in [3.63, 3.8) is 0 Å². The molecule has 2 rings (SSSR count). The van der Waals surface area contributed by atoms with Crippen LogP contribution >= 0.6 is 11.6 Å². The van der Waals surface area contributed by atoms with Crippen molar-refractivity contribution >= 4 is 38.9 Å². The van der Waals surface area contributed by atoms with E-state index in [1.165, 1.54) is 12.1 Å². The van der Waals surface area contributed by atoms with E-state index in [0.717, 1.165) is 6.26 Å². The Hall–Kier alpha value is -2.38. The molecule has 0 fully saturated rings. The second-order valence-corrected chi connectivity index (χ2v) is 8.82. The average molecular weight is 409 g/mol. The molecule has 27 heavy (non-hydrogen) atoms. The minimum atomic E-state index is -3.52. The summed E-state index contributed by atoms with van der Waals surface area (Å²) in [7, 11) is -3.52. The molecule has 0 aliphatic rings. The molecule has 0 saturated heterocycles. The molecule has 1 atom stereocenters. The van der Waals surface area contributed by atoms with E-state index in [-0.39, 0.29) is 27.1 Å². The molecule has 2 amide bonds. The number of rotatable bonds is 6. The Morgan fingerprint density at radius 1 is 1.00 bits per heavy atom. The van der Waals surface area contributed by atoms with E-state index in [9.17, 15) is 18.0 Å². The van der Waals surface area contributed by atoms with Crippen LogP contribution in [-0.4, -0.2) is 32.5 Å². The van der Waals surface area contributed by atoms with Crippen LogP contribution in [0.3, 0.4) is 0 Å². The molecule has 2 aromatic rings. The van der Waals surface area contributed by atoms with Gasteiger partial charge in [-0.3, -0.25) is 9.59 Å². The van der Waals surface area contributed by atoms with Crippen LogP contribution in [0.5, 0.6) is 0 Å². The highest BCUT2D eigenvalue weighted by molar-refractivity contribution is 7.90. The number of nitrogens with one attached hydrogen (secondary N) is 2. The molecule has 6 nitrogen and oxygen atoms in total. The molecular weight excluding hydrogens is 388 g/mol. The van der Waals surface area contributed by atoms with E-state index >= 15 is 0 Å². The molecule has 0 bridgehead atoms. The fourth-order valence-electron chi connectivity index (χ4n) is 2.50. The van der Waals surface area contributed by atoms with Crippen molar-refractivity contribution in [1.29, 1.82) is 0 Å². The third-order valence-electron chi connectivity index (χ3n) is 3.90. The molecule has 2 aromatic carbocycles. The normalized spacial score (nSPS) is 12.5. The van der Waals surface area contributed by atoms with Crippen molar-refractivity contribution in [2.45, 2.75) is 24.8 Å². The molecule has 0 aliphatic heterocycles. The van der Waals surface area contributed by atoms with Gasteiger partial charge in [-0.15, -0.1) is 0 Å². The first-order valence-electron chi connectivity index (χ1n) is 8.26. The summed E-state index contributed by atoms with van der Waals surface area (Å²) in [6, 6.07) is 11.8. The van der Waals surface area contributed by atoms with Gasteiger partial charge in [0.1, 0.15) is 6.04 Å². The third-order valence-corrected chi connectivity index (χ3v) is 5.38. The number of hydrogen-bond donors (Lipinski definition) is 2. The molecule has 0 spiro atoms. The maximum atomic E-state index is 12.7. The zero-order valence-corrected chi connectivity index (χ0v) is 16.8. The summed E-state index contributed by atoms with van der Waals surface area (Å²) in [4.78, 5) is 25.2. The zero-order chi connectivity index (χ0) is 20.2. The van der Waals surface area contributed by atoms with Crippen molar-refractivity contribution in [1.82, 2.24) is 5.32 Å². The van der Waals surface area contributed by atoms with Crippen molar-refractivity contribution in [2.24, 2.45) is 5.92 Å². The third kappa shape index (κ3) is 5.30. The molecule has 0 aliphatic carbocycles.